The van der Waals surface area contributed by atoms with Gasteiger partial charge in [-0.05, 0) is 12.1 Å². The van der Waals surface area contributed by atoms with Crippen molar-refractivity contribution in [2.75, 3.05) is 11.9 Å². The molecule has 6 heteroatoms. The maximum absolute atomic E-state index is 13.1. The molecule has 0 aliphatic carbocycles. The summed E-state index contributed by atoms with van der Waals surface area (Å²) in [7, 11) is 0. The highest BCUT2D eigenvalue weighted by molar-refractivity contribution is 5.47. The van der Waals surface area contributed by atoms with E-state index in [1.165, 1.54) is 12.1 Å². The normalized spacial score (nSPS) is 11.3. The van der Waals surface area contributed by atoms with Crippen molar-refractivity contribution < 1.29 is 13.9 Å². The third-order valence-electron chi connectivity index (χ3n) is 1.65. The molecule has 0 spiro atoms. The van der Waals surface area contributed by atoms with Crippen LogP contribution in [-0.2, 0) is 0 Å². The van der Waals surface area contributed by atoms with Gasteiger partial charge < -0.3 is 10.4 Å². The third-order valence-corrected chi connectivity index (χ3v) is 1.65. The van der Waals surface area contributed by atoms with Gasteiger partial charge in [-0.15, -0.1) is 0 Å². The van der Waals surface area contributed by atoms with E-state index in [4.69, 9.17) is 10.6 Å². The highest BCUT2D eigenvalue weighted by Gasteiger charge is 2.05. The monoisotopic (exact) mass is 213 g/mol. The first-order valence-corrected chi connectivity index (χ1v) is 4.07. The number of nitrogens with zero attached hydrogens (tertiary/aromatic N) is 1. The Bertz CT molecular complexity index is 393. The van der Waals surface area contributed by atoms with E-state index in [0.717, 1.165) is 12.3 Å². The SMILES string of the molecule is N=N/C(=C\Nc1cccc(F)c1F)CO. The molecule has 0 fully saturated rings. The molecule has 0 aliphatic rings. The van der Waals surface area contributed by atoms with Crippen molar-refractivity contribution in [2.24, 2.45) is 5.11 Å². The molecule has 0 aliphatic heterocycles. The summed E-state index contributed by atoms with van der Waals surface area (Å²) in [5.74, 6) is -1.99. The number of hydrogen-bond acceptors (Lipinski definition) is 4. The summed E-state index contributed by atoms with van der Waals surface area (Å²) in [5.41, 5.74) is 6.54. The molecule has 1 aromatic carbocycles. The molecule has 1 rings (SSSR count). The molecule has 0 saturated carbocycles. The lowest BCUT2D eigenvalue weighted by Crippen LogP contribution is -1.97. The van der Waals surface area contributed by atoms with Crippen LogP contribution in [0.2, 0.25) is 0 Å². The Hall–Kier alpha value is -1.82. The van der Waals surface area contributed by atoms with Gasteiger partial charge in [0, 0.05) is 6.20 Å². The molecule has 0 amide bonds. The molecule has 1 aromatic rings. The molecule has 0 radical (unpaired) electrons. The van der Waals surface area contributed by atoms with Crippen LogP contribution in [0.1, 0.15) is 0 Å². The van der Waals surface area contributed by atoms with Crippen LogP contribution < -0.4 is 5.32 Å². The Morgan fingerprint density at radius 3 is 2.87 bits per heavy atom. The highest BCUT2D eigenvalue weighted by Crippen LogP contribution is 2.16. The summed E-state index contributed by atoms with van der Waals surface area (Å²) in [6, 6.07) is 3.66. The first-order valence-electron chi connectivity index (χ1n) is 4.07. The van der Waals surface area contributed by atoms with Crippen LogP contribution in [0.25, 0.3) is 0 Å². The Labute approximate surface area is 84.7 Å². The first kappa shape index (κ1) is 11.3. The van der Waals surface area contributed by atoms with Crippen molar-refractivity contribution in [2.45, 2.75) is 0 Å². The van der Waals surface area contributed by atoms with Crippen LogP contribution in [0.4, 0.5) is 14.5 Å². The lowest BCUT2D eigenvalue weighted by molar-refractivity contribution is 0.328. The number of benzene rings is 1. The number of aliphatic hydroxyl groups is 1. The van der Waals surface area contributed by atoms with Crippen LogP contribution in [0, 0.1) is 17.2 Å². The van der Waals surface area contributed by atoms with Gasteiger partial charge in [-0.3, -0.25) is 0 Å². The van der Waals surface area contributed by atoms with Gasteiger partial charge in [-0.2, -0.15) is 5.11 Å². The predicted molar refractivity (Wildman–Crippen MR) is 50.3 cm³/mol. The Morgan fingerprint density at radius 1 is 1.53 bits per heavy atom. The zero-order valence-corrected chi connectivity index (χ0v) is 7.67. The summed E-state index contributed by atoms with van der Waals surface area (Å²) >= 11 is 0. The minimum atomic E-state index is -1.02. The molecule has 3 N–H and O–H groups in total. The van der Waals surface area contributed by atoms with Crippen LogP contribution in [0.3, 0.4) is 0 Å². The molecule has 0 atom stereocenters. The average Bonchev–Trinajstić information content (AvgIpc) is 2.25. The maximum atomic E-state index is 13.1. The smallest absolute Gasteiger partial charge is 0.182 e. The summed E-state index contributed by atoms with van der Waals surface area (Å²) in [4.78, 5) is 0. The average molecular weight is 213 g/mol. The topological polar surface area (TPSA) is 68.5 Å². The second kappa shape index (κ2) is 5.16. The van der Waals surface area contributed by atoms with E-state index < -0.39 is 18.2 Å². The van der Waals surface area contributed by atoms with Crippen molar-refractivity contribution in [3.63, 3.8) is 0 Å². The van der Waals surface area contributed by atoms with Gasteiger partial charge in [-0.1, -0.05) is 6.07 Å². The Morgan fingerprint density at radius 2 is 2.27 bits per heavy atom. The lowest BCUT2D eigenvalue weighted by Gasteiger charge is -2.03. The van der Waals surface area contributed by atoms with E-state index in [1.807, 2.05) is 0 Å². The molecular formula is C9H9F2N3O. The Kier molecular flexibility index (Phi) is 3.87. The van der Waals surface area contributed by atoms with Gasteiger partial charge in [0.1, 0.15) is 5.70 Å². The van der Waals surface area contributed by atoms with Crippen molar-refractivity contribution in [1.29, 1.82) is 5.53 Å². The van der Waals surface area contributed by atoms with Crippen molar-refractivity contribution in [3.8, 4) is 0 Å². The van der Waals surface area contributed by atoms with Crippen LogP contribution in [0.5, 0.6) is 0 Å². The third kappa shape index (κ3) is 2.81. The molecule has 0 heterocycles. The largest absolute Gasteiger partial charge is 0.390 e. The first-order chi connectivity index (χ1) is 7.19. The lowest BCUT2D eigenvalue weighted by atomic mass is 10.3. The minimum Gasteiger partial charge on any atom is -0.390 e. The van der Waals surface area contributed by atoms with E-state index in [1.54, 1.807) is 0 Å². The van der Waals surface area contributed by atoms with Crippen LogP contribution in [-0.4, -0.2) is 11.7 Å². The van der Waals surface area contributed by atoms with Gasteiger partial charge in [0.05, 0.1) is 12.3 Å². The fourth-order valence-electron chi connectivity index (χ4n) is 0.890. The molecule has 0 unspecified atom stereocenters. The van der Waals surface area contributed by atoms with E-state index in [2.05, 4.69) is 10.4 Å². The van der Waals surface area contributed by atoms with Gasteiger partial charge in [0.15, 0.2) is 11.6 Å². The number of hydrogen-bond donors (Lipinski definition) is 3. The maximum Gasteiger partial charge on any atom is 0.182 e. The molecular weight excluding hydrogens is 204 g/mol. The van der Waals surface area contributed by atoms with Crippen molar-refractivity contribution >= 4 is 5.69 Å². The fourth-order valence-corrected chi connectivity index (χ4v) is 0.890. The zero-order chi connectivity index (χ0) is 11.3. The summed E-state index contributed by atoms with van der Waals surface area (Å²) in [5, 5.41) is 14.0. The van der Waals surface area contributed by atoms with E-state index in [9.17, 15) is 8.78 Å². The van der Waals surface area contributed by atoms with Crippen LogP contribution in [0.15, 0.2) is 35.2 Å². The van der Waals surface area contributed by atoms with Gasteiger partial charge in [0.2, 0.25) is 0 Å². The van der Waals surface area contributed by atoms with E-state index >= 15 is 0 Å². The number of nitrogens with one attached hydrogen (secondary N) is 2. The fraction of sp³-hybridized carbons (Fsp3) is 0.111. The van der Waals surface area contributed by atoms with Gasteiger partial charge in [-0.25, -0.2) is 14.3 Å². The summed E-state index contributed by atoms with van der Waals surface area (Å²) in [6.07, 6.45) is 1.13. The number of halogens is 2. The highest BCUT2D eigenvalue weighted by atomic mass is 19.2. The number of aliphatic hydroxyl groups excluding tert-OH is 1. The predicted octanol–water partition coefficient (Wildman–Crippen LogP) is 2.24. The molecule has 0 saturated heterocycles. The standard InChI is InChI=1S/C9H9F2N3O/c10-7-2-1-3-8(9(7)11)13-4-6(5-15)14-12/h1-4,12-13,15H,5H2/b6-4-,14-12?. The zero-order valence-electron chi connectivity index (χ0n) is 7.67. The summed E-state index contributed by atoms with van der Waals surface area (Å²) < 4.78 is 25.8. The second-order valence-corrected chi connectivity index (χ2v) is 2.65. The van der Waals surface area contributed by atoms with Crippen molar-refractivity contribution in [3.05, 3.63) is 41.7 Å². The molecule has 4 nitrogen and oxygen atoms in total. The van der Waals surface area contributed by atoms with Crippen molar-refractivity contribution in [1.82, 2.24) is 0 Å². The molecule has 0 bridgehead atoms. The number of anilines is 1. The second-order valence-electron chi connectivity index (χ2n) is 2.65. The molecule has 80 valence electrons. The van der Waals surface area contributed by atoms with E-state index in [-0.39, 0.29) is 11.4 Å². The molecule has 0 aromatic heterocycles. The summed E-state index contributed by atoms with van der Waals surface area (Å²) in [6.45, 7) is -0.451. The van der Waals surface area contributed by atoms with E-state index in [0.29, 0.717) is 0 Å². The van der Waals surface area contributed by atoms with Crippen LogP contribution >= 0.6 is 0 Å². The molecule has 15 heavy (non-hydrogen) atoms. The van der Waals surface area contributed by atoms with Gasteiger partial charge in [0.25, 0.3) is 0 Å². The number of rotatable bonds is 4. The quantitative estimate of drug-likeness (QED) is 0.671. The van der Waals surface area contributed by atoms with Gasteiger partial charge >= 0.3 is 0 Å². The minimum absolute atomic E-state index is 0.0126. The Balaban J connectivity index is 2.86.